The van der Waals surface area contributed by atoms with E-state index in [1.165, 1.54) is 11.4 Å². The van der Waals surface area contributed by atoms with Crippen molar-refractivity contribution < 1.29 is 24.0 Å². The van der Waals surface area contributed by atoms with E-state index in [1.54, 1.807) is 0 Å². The summed E-state index contributed by atoms with van der Waals surface area (Å²) in [5, 5.41) is 0. The molecule has 2 rings (SSSR count). The number of aliphatic imine (C=N–C) groups is 1. The van der Waals surface area contributed by atoms with Crippen molar-refractivity contribution in [2.24, 2.45) is 4.99 Å². The Balaban J connectivity index is 0.00000200. The Bertz CT molecular complexity index is 501. The molecule has 0 radical (unpaired) electrons. The van der Waals surface area contributed by atoms with Gasteiger partial charge in [-0.3, -0.25) is 4.99 Å². The second-order valence-corrected chi connectivity index (χ2v) is 4.73. The van der Waals surface area contributed by atoms with Crippen molar-refractivity contribution in [1.82, 2.24) is 4.90 Å². The van der Waals surface area contributed by atoms with E-state index in [0.717, 1.165) is 18.8 Å². The summed E-state index contributed by atoms with van der Waals surface area (Å²) in [5.74, 6) is 0. The summed E-state index contributed by atoms with van der Waals surface area (Å²) in [6, 6.07) is 8.25. The van der Waals surface area contributed by atoms with Crippen molar-refractivity contribution in [3.8, 4) is 0 Å². The van der Waals surface area contributed by atoms with Crippen LogP contribution < -0.4 is 28.9 Å². The van der Waals surface area contributed by atoms with Crippen LogP contribution in [0.3, 0.4) is 0 Å². The molecule has 108 valence electrons. The minimum Gasteiger partial charge on any atom is -1.00 e. The zero-order valence-corrected chi connectivity index (χ0v) is 14.4. The normalized spacial score (nSPS) is 14.2. The van der Waals surface area contributed by atoms with Crippen LogP contribution in [0.5, 0.6) is 0 Å². The highest BCUT2D eigenvalue weighted by atomic mass is 127. The standard InChI is InChI=1S/C16H21N3.HI/c1-4-19-12-6-5-7-16(19)13-17-14-8-10-15(11-9-14)18(2)3;/h5-11,13H,4,12H2,1-3H3;1H/p-1. The third-order valence-electron chi connectivity index (χ3n) is 3.19. The molecule has 0 saturated heterocycles. The second-order valence-electron chi connectivity index (χ2n) is 4.73. The number of allylic oxidation sites excluding steroid dienone is 3. The zero-order chi connectivity index (χ0) is 13.7. The van der Waals surface area contributed by atoms with Crippen LogP contribution in [0, 0.1) is 0 Å². The van der Waals surface area contributed by atoms with Gasteiger partial charge in [-0.25, -0.2) is 0 Å². The van der Waals surface area contributed by atoms with E-state index in [0.29, 0.717) is 0 Å². The average Bonchev–Trinajstić information content (AvgIpc) is 2.45. The zero-order valence-electron chi connectivity index (χ0n) is 12.3. The third kappa shape index (κ3) is 4.37. The molecule has 4 heteroatoms. The van der Waals surface area contributed by atoms with Crippen LogP contribution >= 0.6 is 0 Å². The highest BCUT2D eigenvalue weighted by molar-refractivity contribution is 5.81. The molecule has 1 aromatic rings. The largest absolute Gasteiger partial charge is 1.00 e. The molecule has 1 aliphatic rings. The first-order valence-corrected chi connectivity index (χ1v) is 6.64. The minimum atomic E-state index is 0. The lowest BCUT2D eigenvalue weighted by Gasteiger charge is -2.24. The molecule has 1 heterocycles. The lowest BCUT2D eigenvalue weighted by Crippen LogP contribution is -3.00. The molecule has 3 nitrogen and oxygen atoms in total. The summed E-state index contributed by atoms with van der Waals surface area (Å²) in [5.41, 5.74) is 3.34. The van der Waals surface area contributed by atoms with E-state index in [1.807, 2.05) is 32.4 Å². The van der Waals surface area contributed by atoms with Crippen LogP contribution in [0.2, 0.25) is 0 Å². The van der Waals surface area contributed by atoms with Crippen LogP contribution in [0.15, 0.2) is 53.2 Å². The number of hydrogen-bond donors (Lipinski definition) is 0. The maximum Gasteiger partial charge on any atom is 0.0632 e. The van der Waals surface area contributed by atoms with Gasteiger partial charge >= 0.3 is 0 Å². The Morgan fingerprint density at radius 3 is 2.55 bits per heavy atom. The van der Waals surface area contributed by atoms with Gasteiger partial charge in [0.2, 0.25) is 0 Å². The summed E-state index contributed by atoms with van der Waals surface area (Å²) in [6.07, 6.45) is 8.29. The van der Waals surface area contributed by atoms with Gasteiger partial charge in [0, 0.05) is 32.9 Å². The summed E-state index contributed by atoms with van der Waals surface area (Å²) in [7, 11) is 4.08. The molecule has 0 fully saturated rings. The van der Waals surface area contributed by atoms with Gasteiger partial charge in [0.15, 0.2) is 0 Å². The maximum atomic E-state index is 4.54. The quantitative estimate of drug-likeness (QED) is 0.549. The Kier molecular flexibility index (Phi) is 6.78. The van der Waals surface area contributed by atoms with Crippen molar-refractivity contribution in [2.45, 2.75) is 6.92 Å². The highest BCUT2D eigenvalue weighted by Gasteiger charge is 2.05. The number of benzene rings is 1. The molecule has 0 aliphatic carbocycles. The molecule has 0 aromatic heterocycles. The molecule has 0 N–H and O–H groups in total. The second kappa shape index (κ2) is 8.09. The smallest absolute Gasteiger partial charge is 0.0632 e. The van der Waals surface area contributed by atoms with E-state index in [4.69, 9.17) is 0 Å². The first kappa shape index (κ1) is 16.8. The van der Waals surface area contributed by atoms with Gasteiger partial charge in [-0.15, -0.1) is 0 Å². The number of rotatable bonds is 4. The minimum absolute atomic E-state index is 0. The first-order valence-electron chi connectivity index (χ1n) is 6.64. The Labute approximate surface area is 138 Å². The van der Waals surface area contributed by atoms with Crippen molar-refractivity contribution in [1.29, 1.82) is 0 Å². The van der Waals surface area contributed by atoms with Crippen LogP contribution in [-0.4, -0.2) is 38.3 Å². The molecule has 20 heavy (non-hydrogen) atoms. The molecule has 0 bridgehead atoms. The summed E-state index contributed by atoms with van der Waals surface area (Å²) >= 11 is 0. The molecule has 0 spiro atoms. The van der Waals surface area contributed by atoms with Gasteiger partial charge in [-0.1, -0.05) is 12.2 Å². The third-order valence-corrected chi connectivity index (χ3v) is 3.19. The number of halogens is 1. The number of hydrogen-bond acceptors (Lipinski definition) is 3. The number of nitrogens with zero attached hydrogens (tertiary/aromatic N) is 3. The van der Waals surface area contributed by atoms with E-state index in [9.17, 15) is 0 Å². The van der Waals surface area contributed by atoms with Crippen LogP contribution in [0.1, 0.15) is 6.92 Å². The molecular formula is C16H21IN3-. The van der Waals surface area contributed by atoms with Crippen molar-refractivity contribution in [3.63, 3.8) is 0 Å². The Morgan fingerprint density at radius 2 is 1.95 bits per heavy atom. The molecule has 1 aliphatic heterocycles. The van der Waals surface area contributed by atoms with E-state index >= 15 is 0 Å². The fourth-order valence-corrected chi connectivity index (χ4v) is 1.98. The molecule has 0 saturated carbocycles. The van der Waals surface area contributed by atoms with E-state index < -0.39 is 0 Å². The lowest BCUT2D eigenvalue weighted by atomic mass is 10.2. The van der Waals surface area contributed by atoms with Crippen molar-refractivity contribution in [3.05, 3.63) is 48.2 Å². The Morgan fingerprint density at radius 1 is 1.25 bits per heavy atom. The van der Waals surface area contributed by atoms with Gasteiger partial charge in [0.05, 0.1) is 17.6 Å². The topological polar surface area (TPSA) is 18.8 Å². The van der Waals surface area contributed by atoms with E-state index in [2.05, 4.69) is 52.1 Å². The molecule has 0 unspecified atom stereocenters. The van der Waals surface area contributed by atoms with Gasteiger partial charge in [0.25, 0.3) is 0 Å². The van der Waals surface area contributed by atoms with Gasteiger partial charge in [-0.2, -0.15) is 0 Å². The maximum absolute atomic E-state index is 4.54. The molecule has 0 atom stereocenters. The Hall–Kier alpha value is -1.30. The molecule has 1 aromatic carbocycles. The summed E-state index contributed by atoms with van der Waals surface area (Å²) in [6.45, 7) is 4.13. The monoisotopic (exact) mass is 382 g/mol. The molecule has 0 amide bonds. The van der Waals surface area contributed by atoms with Crippen molar-refractivity contribution >= 4 is 17.6 Å². The van der Waals surface area contributed by atoms with Crippen LogP contribution in [-0.2, 0) is 0 Å². The van der Waals surface area contributed by atoms with Crippen LogP contribution in [0.4, 0.5) is 11.4 Å². The lowest BCUT2D eigenvalue weighted by molar-refractivity contribution is -0.00000397. The predicted molar refractivity (Wildman–Crippen MR) is 83.4 cm³/mol. The summed E-state index contributed by atoms with van der Waals surface area (Å²) in [4.78, 5) is 8.91. The predicted octanol–water partition coefficient (Wildman–Crippen LogP) is 0.234. The molecular weight excluding hydrogens is 361 g/mol. The van der Waals surface area contributed by atoms with Crippen LogP contribution in [0.25, 0.3) is 0 Å². The van der Waals surface area contributed by atoms with Gasteiger partial charge in [0.1, 0.15) is 0 Å². The first-order chi connectivity index (χ1) is 9.20. The fourth-order valence-electron chi connectivity index (χ4n) is 1.98. The SMILES string of the molecule is CCN1CC=CC=C1C=Nc1ccc(N(C)C)cc1.[I-]. The highest BCUT2D eigenvalue weighted by Crippen LogP contribution is 2.18. The number of likely N-dealkylation sites (N-methyl/N-ethyl adjacent to an activating group) is 1. The van der Waals surface area contributed by atoms with E-state index in [-0.39, 0.29) is 24.0 Å². The van der Waals surface area contributed by atoms with Crippen molar-refractivity contribution in [2.75, 3.05) is 32.1 Å². The van der Waals surface area contributed by atoms with Gasteiger partial charge < -0.3 is 33.8 Å². The average molecular weight is 382 g/mol. The fraction of sp³-hybridized carbons (Fsp3) is 0.312. The number of anilines is 1. The summed E-state index contributed by atoms with van der Waals surface area (Å²) < 4.78 is 0. The van der Waals surface area contributed by atoms with Gasteiger partial charge in [-0.05, 0) is 37.3 Å².